The van der Waals surface area contributed by atoms with Gasteiger partial charge in [-0.2, -0.15) is 4.57 Å². The van der Waals surface area contributed by atoms with Crippen molar-refractivity contribution in [3.8, 4) is 22.6 Å². The van der Waals surface area contributed by atoms with Crippen LogP contribution in [-0.4, -0.2) is 18.7 Å². The van der Waals surface area contributed by atoms with Crippen LogP contribution in [0.25, 0.3) is 55.5 Å². The molecule has 0 aliphatic rings. The van der Waals surface area contributed by atoms with Crippen LogP contribution in [0.1, 0.15) is 16.7 Å². The maximum absolute atomic E-state index is 4.97. The Labute approximate surface area is 297 Å². The molecule has 3 aromatic heterocycles. The molecule has 0 unspecified atom stereocenters. The van der Waals surface area contributed by atoms with Gasteiger partial charge >= 0.3 is 0 Å². The summed E-state index contributed by atoms with van der Waals surface area (Å²) in [5.41, 5.74) is 15.1. The fourth-order valence-electron chi connectivity index (χ4n) is 7.77. The largest absolute Gasteiger partial charge is 0.309 e. The van der Waals surface area contributed by atoms with Gasteiger partial charge in [-0.1, -0.05) is 66.7 Å². The molecule has 5 nitrogen and oxygen atoms in total. The molecule has 0 aliphatic carbocycles. The summed E-state index contributed by atoms with van der Waals surface area (Å²) in [4.78, 5) is 7.39. The number of imidazole rings is 1. The Balaban J connectivity index is 1.28. The summed E-state index contributed by atoms with van der Waals surface area (Å²) in [7, 11) is 2.10. The minimum absolute atomic E-state index is 0.895. The Morgan fingerprint density at radius 3 is 2.04 bits per heavy atom. The second-order valence-electron chi connectivity index (χ2n) is 13.5. The maximum Gasteiger partial charge on any atom is 0.191 e. The van der Waals surface area contributed by atoms with Crippen LogP contribution >= 0.6 is 0 Å². The van der Waals surface area contributed by atoms with Crippen LogP contribution in [0, 0.1) is 20.8 Å². The van der Waals surface area contributed by atoms with Gasteiger partial charge < -0.3 is 4.90 Å². The van der Waals surface area contributed by atoms with Crippen molar-refractivity contribution < 1.29 is 0 Å². The summed E-state index contributed by atoms with van der Waals surface area (Å²) in [5, 5.41) is 2.40. The van der Waals surface area contributed by atoms with Gasteiger partial charge in [0.25, 0.3) is 0 Å². The third kappa shape index (κ3) is 5.09. The number of para-hydroxylation sites is 4. The molecule has 6 aromatic carbocycles. The second-order valence-corrected chi connectivity index (χ2v) is 13.5. The first-order valence-electron chi connectivity index (χ1n) is 17.4. The van der Waals surface area contributed by atoms with Crippen molar-refractivity contribution in [3.05, 3.63) is 175 Å². The van der Waals surface area contributed by atoms with Crippen LogP contribution in [0.4, 0.5) is 17.1 Å². The lowest BCUT2D eigenvalue weighted by atomic mass is 10.0. The molecular formula is C46H38N5+. The van der Waals surface area contributed by atoms with Crippen LogP contribution < -0.4 is 4.90 Å². The average Bonchev–Trinajstić information content (AvgIpc) is 3.68. The Morgan fingerprint density at radius 2 is 1.22 bits per heavy atom. The predicted octanol–water partition coefficient (Wildman–Crippen LogP) is 11.8. The molecule has 0 fully saturated rings. The van der Waals surface area contributed by atoms with Gasteiger partial charge in [-0.15, -0.1) is 0 Å². The van der Waals surface area contributed by atoms with E-state index in [2.05, 4.69) is 198 Å². The first-order valence-corrected chi connectivity index (χ1v) is 17.4. The zero-order valence-corrected chi connectivity index (χ0v) is 29.2. The second kappa shape index (κ2) is 12.1. The number of anilines is 3. The van der Waals surface area contributed by atoms with Crippen LogP contribution in [0.3, 0.4) is 0 Å². The SMILES string of the molecule is Cc1ccccc1-c1ccnc(-n2c3ccccc3c3ccc(N(c4cccc(-n5[cH+]n(C)c6ccccc65)c4)c4c(C)cccc4C)cc32)c1. The Bertz CT molecular complexity index is 2750. The van der Waals surface area contributed by atoms with E-state index in [1.54, 1.807) is 0 Å². The summed E-state index contributed by atoms with van der Waals surface area (Å²) >= 11 is 0. The summed E-state index contributed by atoms with van der Waals surface area (Å²) in [6, 6.07) is 52.3. The van der Waals surface area contributed by atoms with Gasteiger partial charge in [0.2, 0.25) is 0 Å². The van der Waals surface area contributed by atoms with Gasteiger partial charge in [-0.25, -0.2) is 9.55 Å². The minimum Gasteiger partial charge on any atom is -0.309 e. The van der Waals surface area contributed by atoms with Crippen molar-refractivity contribution in [2.45, 2.75) is 20.8 Å². The molecule has 0 aliphatic heterocycles. The number of aryl methyl sites for hydroxylation is 4. The van der Waals surface area contributed by atoms with Crippen molar-refractivity contribution in [1.82, 2.24) is 18.7 Å². The van der Waals surface area contributed by atoms with Crippen LogP contribution in [0.15, 0.2) is 158 Å². The third-order valence-corrected chi connectivity index (χ3v) is 10.2. The number of rotatable bonds is 6. The standard InChI is InChI=1S/C46H38N5/c1-31-13-5-6-18-38(31)34-25-26-47-45(27-34)51-41-20-8-7-19-39(41)40-24-23-37(29-44(40)51)50(46-32(2)14-11-15-33(46)3)36-17-12-16-35(28-36)49-30-48(4)42-21-9-10-22-43(42)49/h5-30H,1-4H3/q+1. The molecule has 5 heteroatoms. The molecule has 0 atom stereocenters. The Kier molecular flexibility index (Phi) is 7.29. The van der Waals surface area contributed by atoms with E-state index in [4.69, 9.17) is 4.98 Å². The zero-order valence-electron chi connectivity index (χ0n) is 29.2. The third-order valence-electron chi connectivity index (χ3n) is 10.2. The van der Waals surface area contributed by atoms with Gasteiger partial charge in [0, 0.05) is 54.0 Å². The number of aromatic nitrogens is 4. The molecule has 9 aromatic rings. The zero-order chi connectivity index (χ0) is 34.6. The molecule has 0 radical (unpaired) electrons. The van der Waals surface area contributed by atoms with Crippen molar-refractivity contribution in [3.63, 3.8) is 0 Å². The lowest BCUT2D eigenvalue weighted by Gasteiger charge is -2.29. The Hall–Kier alpha value is -6.46. The summed E-state index contributed by atoms with van der Waals surface area (Å²) in [5.74, 6) is 0.895. The lowest BCUT2D eigenvalue weighted by molar-refractivity contribution is 0.911. The number of hydrogen-bond acceptors (Lipinski definition) is 2. The highest BCUT2D eigenvalue weighted by Crippen LogP contribution is 2.42. The fraction of sp³-hybridized carbons (Fsp3) is 0.0870. The van der Waals surface area contributed by atoms with Gasteiger partial charge in [0.1, 0.15) is 11.5 Å². The minimum atomic E-state index is 0.895. The van der Waals surface area contributed by atoms with E-state index in [9.17, 15) is 0 Å². The highest BCUT2D eigenvalue weighted by atomic mass is 15.2. The smallest absolute Gasteiger partial charge is 0.191 e. The van der Waals surface area contributed by atoms with Crippen molar-refractivity contribution in [2.75, 3.05) is 4.90 Å². The number of hydrogen-bond donors (Lipinski definition) is 0. The predicted molar refractivity (Wildman–Crippen MR) is 213 cm³/mol. The van der Waals surface area contributed by atoms with Gasteiger partial charge in [0.05, 0.1) is 22.4 Å². The van der Waals surface area contributed by atoms with E-state index in [1.807, 2.05) is 6.20 Å². The van der Waals surface area contributed by atoms with E-state index in [0.717, 1.165) is 39.5 Å². The number of nitrogens with zero attached hydrogens (tertiary/aromatic N) is 5. The summed E-state index contributed by atoms with van der Waals surface area (Å²) < 4.78 is 6.78. The lowest BCUT2D eigenvalue weighted by Crippen LogP contribution is -2.13. The number of pyridine rings is 1. The van der Waals surface area contributed by atoms with Crippen LogP contribution in [0.5, 0.6) is 0 Å². The van der Waals surface area contributed by atoms with Crippen molar-refractivity contribution in [1.29, 1.82) is 0 Å². The molecular weight excluding hydrogens is 623 g/mol. The summed E-state index contributed by atoms with van der Waals surface area (Å²) in [6.45, 7) is 6.57. The van der Waals surface area contributed by atoms with Gasteiger partial charge in [-0.3, -0.25) is 4.57 Å². The Morgan fingerprint density at radius 1 is 0.549 bits per heavy atom. The number of fused-ring (bicyclic) bond motifs is 4. The van der Waals surface area contributed by atoms with Gasteiger partial charge in [0.15, 0.2) is 17.4 Å². The quantitative estimate of drug-likeness (QED) is 0.166. The monoisotopic (exact) mass is 660 g/mol. The van der Waals surface area contributed by atoms with Gasteiger partial charge in [-0.05, 0) is 103 Å². The van der Waals surface area contributed by atoms with E-state index >= 15 is 0 Å². The number of benzene rings is 6. The van der Waals surface area contributed by atoms with Crippen LogP contribution in [0.2, 0.25) is 0 Å². The maximum atomic E-state index is 4.97. The van der Waals surface area contributed by atoms with Crippen LogP contribution in [-0.2, 0) is 7.05 Å². The highest BCUT2D eigenvalue weighted by molar-refractivity contribution is 6.10. The fourth-order valence-corrected chi connectivity index (χ4v) is 7.77. The molecule has 51 heavy (non-hydrogen) atoms. The van der Waals surface area contributed by atoms with E-state index in [-0.39, 0.29) is 0 Å². The molecule has 0 N–H and O–H groups in total. The average molecular weight is 661 g/mol. The van der Waals surface area contributed by atoms with E-state index in [0.29, 0.717) is 0 Å². The molecule has 0 amide bonds. The molecule has 0 saturated carbocycles. The molecule has 0 bridgehead atoms. The van der Waals surface area contributed by atoms with Crippen molar-refractivity contribution >= 4 is 49.9 Å². The molecule has 0 saturated heterocycles. The first kappa shape index (κ1) is 30.6. The highest BCUT2D eigenvalue weighted by Gasteiger charge is 2.22. The first-order chi connectivity index (χ1) is 25.0. The topological polar surface area (TPSA) is 30.9 Å². The molecule has 0 spiro atoms. The summed E-state index contributed by atoms with van der Waals surface area (Å²) in [6.07, 6.45) is 4.09. The van der Waals surface area contributed by atoms with E-state index < -0.39 is 0 Å². The van der Waals surface area contributed by atoms with Crippen molar-refractivity contribution in [2.24, 2.45) is 7.05 Å². The molecule has 3 heterocycles. The molecule has 246 valence electrons. The normalized spacial score (nSPS) is 11.5. The molecule has 9 rings (SSSR count). The van der Waals surface area contributed by atoms with E-state index in [1.165, 1.54) is 49.7 Å².